The van der Waals surface area contributed by atoms with Crippen molar-refractivity contribution in [2.75, 3.05) is 25.4 Å². The molecule has 18 heavy (non-hydrogen) atoms. The number of fused-ring (bicyclic) bond motifs is 1. The number of piperazine rings is 1. The van der Waals surface area contributed by atoms with E-state index in [1.54, 1.807) is 0 Å². The number of nitrogen functional groups attached to an aromatic ring is 1. The number of aromatic nitrogens is 2. The Hall–Kier alpha value is -0.720. The molecule has 1 aromatic heterocycles. The molecule has 1 aromatic rings. The van der Waals surface area contributed by atoms with Crippen molar-refractivity contribution in [1.82, 2.24) is 19.4 Å². The smallest absolute Gasteiger partial charge is 0.132 e. The number of piperidine rings is 1. The molecule has 0 saturated carbocycles. The minimum Gasteiger partial charge on any atom is -0.388 e. The molecule has 0 radical (unpaired) electrons. The number of rotatable bonds is 2. The highest BCUT2D eigenvalue weighted by Crippen LogP contribution is 2.26. The van der Waals surface area contributed by atoms with Crippen molar-refractivity contribution in [3.05, 3.63) is 5.69 Å². The first kappa shape index (κ1) is 12.3. The predicted molar refractivity (Wildman–Crippen MR) is 73.4 cm³/mol. The van der Waals surface area contributed by atoms with E-state index in [1.807, 2.05) is 0 Å². The second-order valence-corrected chi connectivity index (χ2v) is 6.29. The summed E-state index contributed by atoms with van der Waals surface area (Å²) in [6, 6.07) is 1.32. The van der Waals surface area contributed by atoms with E-state index in [0.717, 1.165) is 29.8 Å². The Morgan fingerprint density at radius 2 is 2.28 bits per heavy atom. The summed E-state index contributed by atoms with van der Waals surface area (Å²) in [5, 5.41) is 4.91. The highest BCUT2D eigenvalue weighted by molar-refractivity contribution is 7.09. The summed E-state index contributed by atoms with van der Waals surface area (Å²) >= 11 is 1.30. The first-order valence-corrected chi connectivity index (χ1v) is 7.56. The van der Waals surface area contributed by atoms with Crippen molar-refractivity contribution in [3.63, 3.8) is 0 Å². The Labute approximate surface area is 112 Å². The van der Waals surface area contributed by atoms with Crippen molar-refractivity contribution >= 4 is 16.5 Å². The molecule has 2 aliphatic heterocycles. The maximum Gasteiger partial charge on any atom is 0.132 e. The van der Waals surface area contributed by atoms with Gasteiger partial charge in [0.05, 0.1) is 0 Å². The zero-order chi connectivity index (χ0) is 12.5. The number of nitrogens with two attached hydrogens (primary N) is 1. The van der Waals surface area contributed by atoms with Gasteiger partial charge in [-0.1, -0.05) is 10.9 Å². The van der Waals surface area contributed by atoms with E-state index >= 15 is 0 Å². The van der Waals surface area contributed by atoms with Crippen LogP contribution < -0.4 is 5.73 Å². The Bertz CT molecular complexity index is 407. The second-order valence-electron chi connectivity index (χ2n) is 5.51. The van der Waals surface area contributed by atoms with Gasteiger partial charge in [0.25, 0.3) is 0 Å². The molecule has 2 atom stereocenters. The highest BCUT2D eigenvalue weighted by Gasteiger charge is 2.33. The van der Waals surface area contributed by atoms with Gasteiger partial charge in [-0.05, 0) is 26.3 Å². The van der Waals surface area contributed by atoms with Crippen molar-refractivity contribution in [1.29, 1.82) is 0 Å². The van der Waals surface area contributed by atoms with E-state index in [-0.39, 0.29) is 0 Å². The van der Waals surface area contributed by atoms with Crippen LogP contribution in [0.3, 0.4) is 0 Å². The summed E-state index contributed by atoms with van der Waals surface area (Å²) in [6.07, 6.45) is 4.09. The summed E-state index contributed by atoms with van der Waals surface area (Å²) in [6.45, 7) is 6.78. The lowest BCUT2D eigenvalue weighted by molar-refractivity contribution is 0.0106. The molecule has 5 nitrogen and oxygen atoms in total. The van der Waals surface area contributed by atoms with Gasteiger partial charge in [-0.3, -0.25) is 9.80 Å². The normalized spacial score (nSPS) is 30.3. The van der Waals surface area contributed by atoms with E-state index in [2.05, 4.69) is 26.3 Å². The average molecular weight is 267 g/mol. The summed E-state index contributed by atoms with van der Waals surface area (Å²) < 4.78 is 3.92. The van der Waals surface area contributed by atoms with Gasteiger partial charge >= 0.3 is 0 Å². The number of nitrogens with zero attached hydrogens (tertiary/aromatic N) is 4. The average Bonchev–Trinajstić information content (AvgIpc) is 2.76. The summed E-state index contributed by atoms with van der Waals surface area (Å²) in [7, 11) is 0. The van der Waals surface area contributed by atoms with Crippen LogP contribution in [0.15, 0.2) is 0 Å². The molecule has 0 aliphatic carbocycles. The van der Waals surface area contributed by atoms with Crippen LogP contribution in [-0.2, 0) is 6.54 Å². The number of anilines is 1. The van der Waals surface area contributed by atoms with Gasteiger partial charge in [-0.25, -0.2) is 0 Å². The molecule has 0 amide bonds. The van der Waals surface area contributed by atoms with Gasteiger partial charge in [0.15, 0.2) is 0 Å². The van der Waals surface area contributed by atoms with Crippen molar-refractivity contribution < 1.29 is 0 Å². The van der Waals surface area contributed by atoms with Gasteiger partial charge in [-0.2, -0.15) is 0 Å². The molecular formula is C12H21N5S. The summed E-state index contributed by atoms with van der Waals surface area (Å²) in [5.74, 6) is 0. The van der Waals surface area contributed by atoms with Gasteiger partial charge in [0, 0.05) is 43.3 Å². The fraction of sp³-hybridized carbons (Fsp3) is 0.833. The predicted octanol–water partition coefficient (Wildman–Crippen LogP) is 1.18. The molecule has 2 saturated heterocycles. The lowest BCUT2D eigenvalue weighted by Crippen LogP contribution is -2.58. The molecule has 2 fully saturated rings. The van der Waals surface area contributed by atoms with Crippen LogP contribution in [0.5, 0.6) is 0 Å². The second kappa shape index (κ2) is 5.11. The topological polar surface area (TPSA) is 58.3 Å². The van der Waals surface area contributed by atoms with Gasteiger partial charge in [0.2, 0.25) is 0 Å². The van der Waals surface area contributed by atoms with E-state index in [9.17, 15) is 0 Å². The fourth-order valence-corrected chi connectivity index (χ4v) is 3.59. The molecular weight excluding hydrogens is 246 g/mol. The van der Waals surface area contributed by atoms with Crippen molar-refractivity contribution in [3.8, 4) is 0 Å². The lowest BCUT2D eigenvalue weighted by Gasteiger charge is -2.47. The van der Waals surface area contributed by atoms with Crippen LogP contribution in [0.4, 0.5) is 5.00 Å². The van der Waals surface area contributed by atoms with E-state index in [1.165, 1.54) is 43.9 Å². The first-order chi connectivity index (χ1) is 8.74. The minimum absolute atomic E-state index is 0.584. The Kier molecular flexibility index (Phi) is 3.50. The van der Waals surface area contributed by atoms with Crippen molar-refractivity contribution in [2.45, 2.75) is 44.8 Å². The standard InChI is InChI=1S/C12H21N5S/c1-9-6-16-5-3-2-4-10(16)7-17(9)8-11-12(13)18-15-14-11/h9-10H,2-8,13H2,1H3. The largest absolute Gasteiger partial charge is 0.388 e. The maximum atomic E-state index is 5.89. The number of hydrogen-bond donors (Lipinski definition) is 1. The van der Waals surface area contributed by atoms with E-state index < -0.39 is 0 Å². The minimum atomic E-state index is 0.584. The fourth-order valence-electron chi connectivity index (χ4n) is 3.15. The van der Waals surface area contributed by atoms with Crippen LogP contribution in [0.25, 0.3) is 0 Å². The third-order valence-electron chi connectivity index (χ3n) is 4.25. The van der Waals surface area contributed by atoms with Crippen LogP contribution in [0.2, 0.25) is 0 Å². The number of hydrogen-bond acceptors (Lipinski definition) is 6. The molecule has 3 rings (SSSR count). The lowest BCUT2D eigenvalue weighted by atomic mass is 9.97. The van der Waals surface area contributed by atoms with Crippen LogP contribution in [-0.4, -0.2) is 51.1 Å². The Morgan fingerprint density at radius 1 is 1.39 bits per heavy atom. The maximum absolute atomic E-state index is 5.89. The zero-order valence-electron chi connectivity index (χ0n) is 10.9. The third kappa shape index (κ3) is 2.37. The van der Waals surface area contributed by atoms with Crippen molar-refractivity contribution in [2.24, 2.45) is 0 Å². The molecule has 0 spiro atoms. The summed E-state index contributed by atoms with van der Waals surface area (Å²) in [5.41, 5.74) is 6.85. The molecule has 2 unspecified atom stereocenters. The van der Waals surface area contributed by atoms with Gasteiger partial charge in [0.1, 0.15) is 10.7 Å². The van der Waals surface area contributed by atoms with E-state index in [0.29, 0.717) is 6.04 Å². The highest BCUT2D eigenvalue weighted by atomic mass is 32.1. The molecule has 3 heterocycles. The summed E-state index contributed by atoms with van der Waals surface area (Å²) in [4.78, 5) is 5.17. The molecule has 100 valence electrons. The van der Waals surface area contributed by atoms with E-state index in [4.69, 9.17) is 5.73 Å². The molecule has 0 bridgehead atoms. The monoisotopic (exact) mass is 267 g/mol. The van der Waals surface area contributed by atoms with Crippen LogP contribution in [0, 0.1) is 0 Å². The third-order valence-corrected chi connectivity index (χ3v) is 4.85. The first-order valence-electron chi connectivity index (χ1n) is 6.79. The quantitative estimate of drug-likeness (QED) is 0.872. The molecule has 2 aliphatic rings. The van der Waals surface area contributed by atoms with Gasteiger partial charge < -0.3 is 5.73 Å². The Balaban J connectivity index is 1.67. The molecule has 0 aromatic carbocycles. The zero-order valence-corrected chi connectivity index (χ0v) is 11.7. The van der Waals surface area contributed by atoms with Gasteiger partial charge in [-0.15, -0.1) is 5.10 Å². The van der Waals surface area contributed by atoms with Crippen LogP contribution >= 0.6 is 11.5 Å². The molecule has 2 N–H and O–H groups in total. The van der Waals surface area contributed by atoms with Crippen LogP contribution in [0.1, 0.15) is 31.9 Å². The Morgan fingerprint density at radius 3 is 3.06 bits per heavy atom. The SMILES string of the molecule is CC1CN2CCCCC2CN1Cc1nnsc1N. The molecule has 6 heteroatoms.